The van der Waals surface area contributed by atoms with Crippen molar-refractivity contribution in [3.05, 3.63) is 93.5 Å². The van der Waals surface area contributed by atoms with Crippen LogP contribution in [0, 0.1) is 6.92 Å². The Morgan fingerprint density at radius 3 is 2.47 bits per heavy atom. The summed E-state index contributed by atoms with van der Waals surface area (Å²) in [6, 6.07) is 15.1. The zero-order valence-electron chi connectivity index (χ0n) is 17.8. The van der Waals surface area contributed by atoms with Crippen molar-refractivity contribution < 1.29 is 18.7 Å². The lowest BCUT2D eigenvalue weighted by Gasteiger charge is -2.25. The molecule has 3 heterocycles. The maximum Gasteiger partial charge on any atom is 0.296 e. The number of nitrogens with zero attached hydrogens (tertiary/aromatic N) is 2. The first-order chi connectivity index (χ1) is 15.5. The highest BCUT2D eigenvalue weighted by Gasteiger charge is 2.44. The summed E-state index contributed by atoms with van der Waals surface area (Å²) < 4.78 is 16.8. The van der Waals surface area contributed by atoms with Gasteiger partial charge in [0.2, 0.25) is 5.76 Å². The number of benzene rings is 2. The fourth-order valence-electron chi connectivity index (χ4n) is 4.10. The minimum atomic E-state index is -0.728. The van der Waals surface area contributed by atoms with Crippen LogP contribution < -0.4 is 19.8 Å². The van der Waals surface area contributed by atoms with Crippen molar-refractivity contribution in [3.63, 3.8) is 0 Å². The molecule has 0 spiro atoms. The summed E-state index contributed by atoms with van der Waals surface area (Å²) in [5, 5.41) is 0.420. The number of hydrogen-bond acceptors (Lipinski definition) is 6. The van der Waals surface area contributed by atoms with Gasteiger partial charge in [0.1, 0.15) is 11.4 Å². The topological polar surface area (TPSA) is 81.9 Å². The van der Waals surface area contributed by atoms with E-state index in [0.29, 0.717) is 33.8 Å². The average Bonchev–Trinajstić information content (AvgIpc) is 3.12. The highest BCUT2D eigenvalue weighted by molar-refractivity contribution is 6.10. The van der Waals surface area contributed by atoms with Crippen LogP contribution in [0.2, 0.25) is 0 Å². The van der Waals surface area contributed by atoms with Crippen molar-refractivity contribution in [2.75, 3.05) is 19.1 Å². The molecule has 4 aromatic rings. The smallest absolute Gasteiger partial charge is 0.296 e. The number of anilines is 1. The second kappa shape index (κ2) is 7.53. The molecular formula is C25H20N2O5. The molecule has 0 aliphatic carbocycles. The summed E-state index contributed by atoms with van der Waals surface area (Å²) in [7, 11) is 3.09. The molecule has 32 heavy (non-hydrogen) atoms. The van der Waals surface area contributed by atoms with E-state index >= 15 is 0 Å². The van der Waals surface area contributed by atoms with E-state index in [1.807, 2.05) is 19.1 Å². The van der Waals surface area contributed by atoms with Gasteiger partial charge in [-0.25, -0.2) is 4.98 Å². The van der Waals surface area contributed by atoms with Crippen LogP contribution in [0.3, 0.4) is 0 Å². The van der Waals surface area contributed by atoms with E-state index in [2.05, 4.69) is 4.98 Å². The third-order valence-corrected chi connectivity index (χ3v) is 5.64. The Bertz CT molecular complexity index is 1410. The number of para-hydroxylation sites is 1. The molecule has 2 aromatic carbocycles. The lowest BCUT2D eigenvalue weighted by Crippen LogP contribution is -2.30. The van der Waals surface area contributed by atoms with Crippen molar-refractivity contribution in [1.29, 1.82) is 0 Å². The van der Waals surface area contributed by atoms with E-state index in [1.54, 1.807) is 55.8 Å². The van der Waals surface area contributed by atoms with E-state index in [9.17, 15) is 9.59 Å². The highest BCUT2D eigenvalue weighted by atomic mass is 16.5. The van der Waals surface area contributed by atoms with Crippen LogP contribution in [-0.2, 0) is 0 Å². The predicted molar refractivity (Wildman–Crippen MR) is 120 cm³/mol. The molecule has 2 aromatic heterocycles. The summed E-state index contributed by atoms with van der Waals surface area (Å²) in [6.45, 7) is 1.92. The minimum absolute atomic E-state index is 0.0239. The first-order valence-electron chi connectivity index (χ1n) is 10.1. The second-order valence-corrected chi connectivity index (χ2v) is 7.56. The van der Waals surface area contributed by atoms with Gasteiger partial charge in [0.05, 0.1) is 31.2 Å². The molecule has 0 radical (unpaired) electrons. The van der Waals surface area contributed by atoms with Gasteiger partial charge >= 0.3 is 0 Å². The summed E-state index contributed by atoms with van der Waals surface area (Å²) >= 11 is 0. The number of carbonyl (C=O) groups is 1. The molecule has 0 bridgehead atoms. The van der Waals surface area contributed by atoms with Gasteiger partial charge in [-0.1, -0.05) is 24.3 Å². The number of carbonyl (C=O) groups excluding carboxylic acids is 1. The van der Waals surface area contributed by atoms with Gasteiger partial charge in [0.15, 0.2) is 16.9 Å². The van der Waals surface area contributed by atoms with Crippen LogP contribution in [0.4, 0.5) is 5.82 Å². The normalized spacial score (nSPS) is 15.2. The SMILES string of the molecule is COc1ccc([C@H]2c3c(oc4ccccc4c3=O)C(=O)N2c2ccc(C)cn2)cc1OC. The molecule has 0 fully saturated rings. The van der Waals surface area contributed by atoms with E-state index in [4.69, 9.17) is 13.9 Å². The number of pyridine rings is 1. The summed E-state index contributed by atoms with van der Waals surface area (Å²) in [5.74, 6) is 1.07. The zero-order valence-corrected chi connectivity index (χ0v) is 17.8. The molecule has 1 amide bonds. The minimum Gasteiger partial charge on any atom is -0.493 e. The van der Waals surface area contributed by atoms with Gasteiger partial charge in [0.25, 0.3) is 5.91 Å². The van der Waals surface area contributed by atoms with Gasteiger partial charge < -0.3 is 13.9 Å². The number of aromatic nitrogens is 1. The van der Waals surface area contributed by atoms with Gasteiger partial charge in [-0.3, -0.25) is 14.5 Å². The lowest BCUT2D eigenvalue weighted by atomic mass is 9.98. The number of amides is 1. The number of hydrogen-bond donors (Lipinski definition) is 0. The number of fused-ring (bicyclic) bond motifs is 2. The first-order valence-corrected chi connectivity index (χ1v) is 10.1. The molecule has 0 unspecified atom stereocenters. The molecule has 1 aliphatic heterocycles. The van der Waals surface area contributed by atoms with Gasteiger partial charge in [0, 0.05) is 6.20 Å². The monoisotopic (exact) mass is 428 g/mol. The van der Waals surface area contributed by atoms with Crippen molar-refractivity contribution in [1.82, 2.24) is 4.98 Å². The Morgan fingerprint density at radius 1 is 0.969 bits per heavy atom. The molecule has 160 valence electrons. The maximum atomic E-state index is 13.5. The molecule has 0 saturated carbocycles. The number of aryl methyl sites for hydroxylation is 1. The van der Waals surface area contributed by atoms with E-state index in [-0.39, 0.29) is 16.8 Å². The van der Waals surface area contributed by atoms with Crippen molar-refractivity contribution in [3.8, 4) is 11.5 Å². The van der Waals surface area contributed by atoms with E-state index in [1.165, 1.54) is 12.0 Å². The molecule has 0 saturated heterocycles. The largest absolute Gasteiger partial charge is 0.493 e. The Labute approximate surface area is 183 Å². The molecule has 1 atom stereocenters. The van der Waals surface area contributed by atoms with Crippen LogP contribution in [0.25, 0.3) is 11.0 Å². The Kier molecular flexibility index (Phi) is 4.66. The van der Waals surface area contributed by atoms with Gasteiger partial charge in [-0.05, 0) is 48.4 Å². The van der Waals surface area contributed by atoms with E-state index in [0.717, 1.165) is 5.56 Å². The highest BCUT2D eigenvalue weighted by Crippen LogP contribution is 2.42. The summed E-state index contributed by atoms with van der Waals surface area (Å²) in [5.41, 5.74) is 2.04. The molecule has 7 nitrogen and oxygen atoms in total. The lowest BCUT2D eigenvalue weighted by molar-refractivity contribution is 0.0970. The van der Waals surface area contributed by atoms with Gasteiger partial charge in [-0.2, -0.15) is 0 Å². The van der Waals surface area contributed by atoms with Crippen LogP contribution >= 0.6 is 0 Å². The van der Waals surface area contributed by atoms with Crippen LogP contribution in [0.5, 0.6) is 11.5 Å². The molecule has 1 aliphatic rings. The zero-order chi connectivity index (χ0) is 22.4. The standard InChI is InChI=1S/C25H20N2O5/c1-14-8-11-20(26-13-14)27-22(15-9-10-18(30-2)19(12-15)31-3)21-23(28)16-6-4-5-7-17(16)32-24(21)25(27)29/h4-13,22H,1-3H3/t22-/m0/s1. The maximum absolute atomic E-state index is 13.5. The average molecular weight is 428 g/mol. The molecule has 5 rings (SSSR count). The molecular weight excluding hydrogens is 408 g/mol. The van der Waals surface area contributed by atoms with Crippen LogP contribution in [0.1, 0.15) is 33.3 Å². The van der Waals surface area contributed by atoms with Crippen LogP contribution in [0.15, 0.2) is 70.0 Å². The van der Waals surface area contributed by atoms with Crippen LogP contribution in [-0.4, -0.2) is 25.1 Å². The fourth-order valence-corrected chi connectivity index (χ4v) is 4.10. The Morgan fingerprint density at radius 2 is 1.75 bits per heavy atom. The quantitative estimate of drug-likeness (QED) is 0.483. The van der Waals surface area contributed by atoms with E-state index < -0.39 is 11.9 Å². The van der Waals surface area contributed by atoms with Crippen molar-refractivity contribution in [2.24, 2.45) is 0 Å². The summed E-state index contributed by atoms with van der Waals surface area (Å²) in [6.07, 6.45) is 1.68. The van der Waals surface area contributed by atoms with Crippen molar-refractivity contribution in [2.45, 2.75) is 13.0 Å². The first kappa shape index (κ1) is 19.8. The molecule has 7 heteroatoms. The second-order valence-electron chi connectivity index (χ2n) is 7.56. The fraction of sp³-hybridized carbons (Fsp3) is 0.160. The Hall–Kier alpha value is -4.13. The third-order valence-electron chi connectivity index (χ3n) is 5.64. The number of ether oxygens (including phenoxy) is 2. The number of rotatable bonds is 4. The van der Waals surface area contributed by atoms with Crippen molar-refractivity contribution >= 4 is 22.7 Å². The number of methoxy groups -OCH3 is 2. The van der Waals surface area contributed by atoms with Gasteiger partial charge in [-0.15, -0.1) is 0 Å². The Balaban J connectivity index is 1.80. The summed E-state index contributed by atoms with van der Waals surface area (Å²) in [4.78, 5) is 33.0. The molecule has 0 N–H and O–H groups in total. The predicted octanol–water partition coefficient (Wildman–Crippen LogP) is 4.26. The third kappa shape index (κ3) is 2.93.